The number of ether oxygens (including phenoxy) is 1. The first kappa shape index (κ1) is 28.4. The SMILES string of the molecule is CC(C)c1onc(-c2c(Cl)cc(Cl)cc2Cl)c1COC1(C)C=CC=CC1N(C)Cc1cccc(C(=O)O)c1. The summed E-state index contributed by atoms with van der Waals surface area (Å²) in [6, 6.07) is 10.1. The molecule has 38 heavy (non-hydrogen) atoms. The molecule has 1 aliphatic rings. The fourth-order valence-corrected chi connectivity index (χ4v) is 5.72. The Hall–Kier alpha value is -2.61. The molecule has 0 bridgehead atoms. The molecule has 4 rings (SSSR count). The lowest BCUT2D eigenvalue weighted by Crippen LogP contribution is -2.49. The number of hydrogen-bond acceptors (Lipinski definition) is 5. The van der Waals surface area contributed by atoms with Crippen LogP contribution in [0.2, 0.25) is 15.1 Å². The highest BCUT2D eigenvalue weighted by molar-refractivity contribution is 6.41. The highest BCUT2D eigenvalue weighted by Gasteiger charge is 2.36. The Morgan fingerprint density at radius 1 is 1.18 bits per heavy atom. The minimum Gasteiger partial charge on any atom is -0.478 e. The van der Waals surface area contributed by atoms with E-state index >= 15 is 0 Å². The van der Waals surface area contributed by atoms with Crippen LogP contribution in [0.4, 0.5) is 0 Å². The fraction of sp³-hybridized carbons (Fsp3) is 0.310. The van der Waals surface area contributed by atoms with Crippen LogP contribution in [-0.2, 0) is 17.9 Å². The van der Waals surface area contributed by atoms with E-state index in [-0.39, 0.29) is 24.1 Å². The molecule has 0 radical (unpaired) electrons. The number of allylic oxidation sites excluding steroid dienone is 2. The van der Waals surface area contributed by atoms with Gasteiger partial charge in [-0.15, -0.1) is 0 Å². The zero-order chi connectivity index (χ0) is 27.6. The Balaban J connectivity index is 1.62. The second-order valence-corrected chi connectivity index (χ2v) is 11.1. The third-order valence-corrected chi connectivity index (χ3v) is 7.43. The van der Waals surface area contributed by atoms with E-state index in [0.717, 1.165) is 11.1 Å². The summed E-state index contributed by atoms with van der Waals surface area (Å²) in [6.07, 6.45) is 8.04. The minimum atomic E-state index is -0.949. The molecule has 0 saturated carbocycles. The molecule has 0 fully saturated rings. The number of carbonyl (C=O) groups is 1. The van der Waals surface area contributed by atoms with Gasteiger partial charge in [-0.2, -0.15) is 0 Å². The zero-order valence-electron chi connectivity index (χ0n) is 21.5. The molecule has 0 saturated heterocycles. The van der Waals surface area contributed by atoms with Gasteiger partial charge < -0.3 is 14.4 Å². The van der Waals surface area contributed by atoms with E-state index in [4.69, 9.17) is 44.1 Å². The minimum absolute atomic E-state index is 0.0503. The zero-order valence-corrected chi connectivity index (χ0v) is 23.8. The number of hydrogen-bond donors (Lipinski definition) is 1. The quantitative estimate of drug-likeness (QED) is 0.278. The number of aromatic nitrogens is 1. The molecule has 6 nitrogen and oxygen atoms in total. The average Bonchev–Trinajstić information content (AvgIpc) is 3.26. The van der Waals surface area contributed by atoms with Crippen molar-refractivity contribution in [1.29, 1.82) is 0 Å². The molecule has 1 N–H and O–H groups in total. The molecule has 9 heteroatoms. The lowest BCUT2D eigenvalue weighted by Gasteiger charge is -2.40. The number of likely N-dealkylation sites (N-methyl/N-ethyl adjacent to an activating group) is 1. The van der Waals surface area contributed by atoms with Gasteiger partial charge in [-0.3, -0.25) is 4.90 Å². The predicted molar refractivity (Wildman–Crippen MR) is 151 cm³/mol. The van der Waals surface area contributed by atoms with Gasteiger partial charge in [-0.1, -0.05) is 90.2 Å². The normalized spacial score (nSPS) is 19.0. The Bertz CT molecular complexity index is 1380. The average molecular weight is 576 g/mol. The third-order valence-electron chi connectivity index (χ3n) is 6.61. The number of nitrogens with zero attached hydrogens (tertiary/aromatic N) is 2. The Labute approximate surface area is 237 Å². The standard InChI is InChI=1S/C29H29Cl3N2O4/c1-17(2)27-21(26(33-38-27)25-22(31)13-20(30)14-23(25)32)16-37-29(3)11-6-5-10-24(29)34(4)15-18-8-7-9-19(12-18)28(35)36/h5-14,17,24H,15-16H2,1-4H3,(H,35,36). The van der Waals surface area contributed by atoms with Crippen LogP contribution in [0.1, 0.15) is 53.9 Å². The summed E-state index contributed by atoms with van der Waals surface area (Å²) in [6.45, 7) is 6.80. The molecule has 1 aliphatic carbocycles. The summed E-state index contributed by atoms with van der Waals surface area (Å²) in [5.74, 6) is -0.208. The Kier molecular flexibility index (Phi) is 8.70. The summed E-state index contributed by atoms with van der Waals surface area (Å²) in [7, 11) is 1.99. The van der Waals surface area contributed by atoms with Crippen LogP contribution in [-0.4, -0.2) is 39.8 Å². The summed E-state index contributed by atoms with van der Waals surface area (Å²) < 4.78 is 12.4. The maximum atomic E-state index is 11.4. The van der Waals surface area contributed by atoms with E-state index < -0.39 is 11.6 Å². The summed E-state index contributed by atoms with van der Waals surface area (Å²) in [5.41, 5.74) is 2.29. The maximum absolute atomic E-state index is 11.4. The van der Waals surface area contributed by atoms with E-state index in [2.05, 4.69) is 16.1 Å². The van der Waals surface area contributed by atoms with Crippen molar-refractivity contribution in [2.45, 2.75) is 51.5 Å². The molecule has 0 aliphatic heterocycles. The van der Waals surface area contributed by atoms with Crippen molar-refractivity contribution in [3.8, 4) is 11.3 Å². The van der Waals surface area contributed by atoms with Crippen molar-refractivity contribution < 1.29 is 19.2 Å². The van der Waals surface area contributed by atoms with Crippen LogP contribution in [0.5, 0.6) is 0 Å². The van der Waals surface area contributed by atoms with E-state index in [9.17, 15) is 9.90 Å². The van der Waals surface area contributed by atoms with Crippen LogP contribution < -0.4 is 0 Å². The van der Waals surface area contributed by atoms with Gasteiger partial charge in [0.1, 0.15) is 17.1 Å². The van der Waals surface area contributed by atoms with Crippen LogP contribution in [0.25, 0.3) is 11.3 Å². The van der Waals surface area contributed by atoms with Gasteiger partial charge in [-0.25, -0.2) is 4.79 Å². The Morgan fingerprint density at radius 3 is 2.55 bits per heavy atom. The van der Waals surface area contributed by atoms with Crippen molar-refractivity contribution in [3.05, 3.63) is 98.2 Å². The fourth-order valence-electron chi connectivity index (χ4n) is 4.72. The van der Waals surface area contributed by atoms with Crippen molar-refractivity contribution in [3.63, 3.8) is 0 Å². The van der Waals surface area contributed by atoms with Crippen molar-refractivity contribution in [1.82, 2.24) is 10.1 Å². The number of rotatable bonds is 9. The van der Waals surface area contributed by atoms with Gasteiger partial charge in [0.15, 0.2) is 0 Å². The smallest absolute Gasteiger partial charge is 0.335 e. The van der Waals surface area contributed by atoms with Crippen LogP contribution in [0, 0.1) is 0 Å². The molecule has 1 aromatic heterocycles. The molecule has 2 aromatic carbocycles. The molecule has 2 unspecified atom stereocenters. The van der Waals surface area contributed by atoms with Crippen molar-refractivity contribution >= 4 is 40.8 Å². The van der Waals surface area contributed by atoms with Gasteiger partial charge in [0.25, 0.3) is 0 Å². The van der Waals surface area contributed by atoms with Crippen molar-refractivity contribution in [2.24, 2.45) is 0 Å². The number of carboxylic acids is 1. The number of halogens is 3. The van der Waals surface area contributed by atoms with Crippen molar-refractivity contribution in [2.75, 3.05) is 7.05 Å². The largest absolute Gasteiger partial charge is 0.478 e. The third kappa shape index (κ3) is 6.00. The van der Waals surface area contributed by atoms with Gasteiger partial charge in [0, 0.05) is 28.6 Å². The summed E-state index contributed by atoms with van der Waals surface area (Å²) in [4.78, 5) is 13.5. The highest BCUT2D eigenvalue weighted by Crippen LogP contribution is 2.41. The van der Waals surface area contributed by atoms with Gasteiger partial charge in [-0.05, 0) is 43.8 Å². The second kappa shape index (κ2) is 11.6. The molecule has 3 aromatic rings. The first-order valence-corrected chi connectivity index (χ1v) is 13.3. The highest BCUT2D eigenvalue weighted by atomic mass is 35.5. The van der Waals surface area contributed by atoms with Gasteiger partial charge >= 0.3 is 5.97 Å². The van der Waals surface area contributed by atoms with Crippen LogP contribution in [0.15, 0.2) is 65.2 Å². The summed E-state index contributed by atoms with van der Waals surface area (Å²) in [5, 5.41) is 14.9. The molecule has 200 valence electrons. The predicted octanol–water partition coefficient (Wildman–Crippen LogP) is 8.03. The van der Waals surface area contributed by atoms with E-state index in [1.54, 1.807) is 30.3 Å². The monoisotopic (exact) mass is 574 g/mol. The number of carboxylic acid groups (broad SMARTS) is 1. The second-order valence-electron chi connectivity index (χ2n) is 9.86. The molecule has 1 heterocycles. The number of benzene rings is 2. The van der Waals surface area contributed by atoms with E-state index in [1.807, 2.05) is 52.1 Å². The number of aromatic carboxylic acids is 1. The molecule has 2 atom stereocenters. The molecule has 0 amide bonds. The molecular formula is C29H29Cl3N2O4. The van der Waals surface area contributed by atoms with Crippen LogP contribution >= 0.6 is 34.8 Å². The van der Waals surface area contributed by atoms with Gasteiger partial charge in [0.2, 0.25) is 0 Å². The van der Waals surface area contributed by atoms with E-state index in [1.165, 1.54) is 0 Å². The lowest BCUT2D eigenvalue weighted by molar-refractivity contribution is -0.0511. The molecule has 0 spiro atoms. The molecular weight excluding hydrogens is 547 g/mol. The topological polar surface area (TPSA) is 75.8 Å². The van der Waals surface area contributed by atoms with Crippen LogP contribution in [0.3, 0.4) is 0 Å². The van der Waals surface area contributed by atoms with Gasteiger partial charge in [0.05, 0.1) is 28.3 Å². The maximum Gasteiger partial charge on any atom is 0.335 e. The first-order chi connectivity index (χ1) is 18.0. The lowest BCUT2D eigenvalue weighted by atomic mass is 9.90. The Morgan fingerprint density at radius 2 is 1.89 bits per heavy atom. The van der Waals surface area contributed by atoms with E-state index in [0.29, 0.717) is 38.6 Å². The summed E-state index contributed by atoms with van der Waals surface area (Å²) >= 11 is 19.2. The first-order valence-electron chi connectivity index (χ1n) is 12.2.